The van der Waals surface area contributed by atoms with Crippen LogP contribution in [-0.4, -0.2) is 29.3 Å². The number of fused-ring (bicyclic) bond motifs is 1. The lowest BCUT2D eigenvalue weighted by Gasteiger charge is -2.57. The Bertz CT molecular complexity index is 1160. The molecule has 30 heavy (non-hydrogen) atoms. The third-order valence-corrected chi connectivity index (χ3v) is 8.13. The fourth-order valence-electron chi connectivity index (χ4n) is 6.72. The highest BCUT2D eigenvalue weighted by molar-refractivity contribution is 7.59. The molecule has 9 nitrogen and oxygen atoms in total. The van der Waals surface area contributed by atoms with Crippen LogP contribution in [0.5, 0.6) is 0 Å². The Balaban J connectivity index is 1.48. The summed E-state index contributed by atoms with van der Waals surface area (Å²) in [5, 5.41) is 0. The molecule has 0 aromatic carbocycles. The Hall–Kier alpha value is -2.22. The summed E-state index contributed by atoms with van der Waals surface area (Å²) in [5.74, 6) is 3.49. The highest BCUT2D eigenvalue weighted by atomic mass is 31.2. The normalized spacial score (nSPS) is 30.4. The monoisotopic (exact) mass is 429 g/mol. The van der Waals surface area contributed by atoms with Gasteiger partial charge >= 0.3 is 7.60 Å². The molecule has 10 heteroatoms. The van der Waals surface area contributed by atoms with Crippen LogP contribution in [0.2, 0.25) is 0 Å². The van der Waals surface area contributed by atoms with E-state index in [1.54, 1.807) is 6.07 Å². The van der Waals surface area contributed by atoms with Crippen molar-refractivity contribution in [3.63, 3.8) is 0 Å². The van der Waals surface area contributed by atoms with E-state index in [1.165, 1.54) is 50.9 Å². The van der Waals surface area contributed by atoms with E-state index in [0.29, 0.717) is 22.7 Å². The highest BCUT2D eigenvalue weighted by Crippen LogP contribution is 2.60. The molecule has 0 aliphatic heterocycles. The van der Waals surface area contributed by atoms with E-state index < -0.39 is 7.60 Å². The van der Waals surface area contributed by atoms with Gasteiger partial charge in [0.25, 0.3) is 0 Å². The molecular weight excluding hydrogens is 405 g/mol. The first-order valence-corrected chi connectivity index (χ1v) is 12.0. The molecule has 0 saturated heterocycles. The van der Waals surface area contributed by atoms with Gasteiger partial charge in [-0.05, 0) is 73.8 Å². The maximum Gasteiger partial charge on any atom is 0.391 e. The number of nitrogens with zero attached hydrogens (tertiary/aromatic N) is 4. The van der Waals surface area contributed by atoms with Gasteiger partial charge < -0.3 is 24.5 Å². The zero-order valence-corrected chi connectivity index (χ0v) is 17.3. The van der Waals surface area contributed by atoms with Crippen LogP contribution in [0.3, 0.4) is 0 Å². The molecule has 4 bridgehead atoms. The van der Waals surface area contributed by atoms with Crippen LogP contribution in [0.15, 0.2) is 22.9 Å². The van der Waals surface area contributed by atoms with Gasteiger partial charge in [0, 0.05) is 6.54 Å². The summed E-state index contributed by atoms with van der Waals surface area (Å²) in [6, 6.07) is 2.86. The first-order chi connectivity index (χ1) is 14.3. The van der Waals surface area contributed by atoms with Gasteiger partial charge in [0.15, 0.2) is 28.6 Å². The second-order valence-electron chi connectivity index (χ2n) is 9.55. The van der Waals surface area contributed by atoms with Crippen LogP contribution in [0, 0.1) is 23.2 Å². The lowest BCUT2D eigenvalue weighted by atomic mass is 9.49. The molecule has 0 amide bonds. The maximum absolute atomic E-state index is 11.6. The Kier molecular flexibility index (Phi) is 3.80. The molecule has 0 spiro atoms. The lowest BCUT2D eigenvalue weighted by molar-refractivity contribution is -0.0612. The van der Waals surface area contributed by atoms with Crippen LogP contribution >= 0.6 is 7.60 Å². The topological polar surface area (TPSA) is 140 Å². The van der Waals surface area contributed by atoms with Gasteiger partial charge in [-0.3, -0.25) is 4.57 Å². The standard InChI is InChI=1S/C20H24N5O4P/c21-17-16-19(23-10-22-17)25(18(24-16)14-1-2-15(29-14)30(26,27)28)9-20-6-11-3-12(7-20)5-13(4-11)8-20/h1-2,10-13H,3-9H2,(H2,21,22,23)(H2,26,27,28). The lowest BCUT2D eigenvalue weighted by Crippen LogP contribution is -2.48. The molecule has 158 valence electrons. The third-order valence-electron chi connectivity index (χ3n) is 7.32. The van der Waals surface area contributed by atoms with Gasteiger partial charge in [0.2, 0.25) is 5.50 Å². The Morgan fingerprint density at radius 3 is 2.40 bits per heavy atom. The van der Waals surface area contributed by atoms with Crippen molar-refractivity contribution in [3.8, 4) is 11.6 Å². The molecule has 4 fully saturated rings. The number of aromatic nitrogens is 4. The molecule has 7 rings (SSSR count). The summed E-state index contributed by atoms with van der Waals surface area (Å²) in [6.07, 6.45) is 9.14. The van der Waals surface area contributed by atoms with E-state index >= 15 is 0 Å². The molecule has 0 atom stereocenters. The summed E-state index contributed by atoms with van der Waals surface area (Å²) in [4.78, 5) is 32.1. The van der Waals surface area contributed by atoms with Crippen molar-refractivity contribution in [2.45, 2.75) is 45.1 Å². The van der Waals surface area contributed by atoms with E-state index in [9.17, 15) is 14.4 Å². The summed E-state index contributed by atoms with van der Waals surface area (Å²) in [6.45, 7) is 0.755. The predicted molar refractivity (Wildman–Crippen MR) is 110 cm³/mol. The quantitative estimate of drug-likeness (QED) is 0.538. The van der Waals surface area contributed by atoms with E-state index in [4.69, 9.17) is 10.2 Å². The molecule has 0 radical (unpaired) electrons. The third kappa shape index (κ3) is 2.83. The molecule has 3 aromatic heterocycles. The zero-order valence-electron chi connectivity index (χ0n) is 16.4. The van der Waals surface area contributed by atoms with E-state index in [-0.39, 0.29) is 16.7 Å². The van der Waals surface area contributed by atoms with Crippen LogP contribution in [0.4, 0.5) is 5.82 Å². The van der Waals surface area contributed by atoms with Crippen molar-refractivity contribution in [3.05, 3.63) is 18.5 Å². The van der Waals surface area contributed by atoms with E-state index in [2.05, 4.69) is 15.0 Å². The molecular formula is C20H24N5O4P. The zero-order chi connectivity index (χ0) is 20.7. The van der Waals surface area contributed by atoms with Crippen molar-refractivity contribution in [2.75, 3.05) is 5.73 Å². The van der Waals surface area contributed by atoms with Gasteiger partial charge in [-0.1, -0.05) is 0 Å². The van der Waals surface area contributed by atoms with Gasteiger partial charge in [0.1, 0.15) is 6.33 Å². The number of hydrogen-bond acceptors (Lipinski definition) is 6. The summed E-state index contributed by atoms with van der Waals surface area (Å²) in [5.41, 5.74) is 7.04. The molecule has 4 N–H and O–H groups in total. The summed E-state index contributed by atoms with van der Waals surface area (Å²) < 4.78 is 19.2. The molecule has 3 heterocycles. The van der Waals surface area contributed by atoms with Gasteiger partial charge in [0.05, 0.1) is 0 Å². The minimum atomic E-state index is -4.49. The number of furan rings is 1. The second kappa shape index (κ2) is 6.15. The van der Waals surface area contributed by atoms with E-state index in [1.807, 2.05) is 4.57 Å². The highest BCUT2D eigenvalue weighted by Gasteiger charge is 2.51. The SMILES string of the molecule is Nc1ncnc2c1nc(-c1ccc(P(=O)(O)O)o1)n2CC12CC3CC(CC(C3)C1)C2. The van der Waals surface area contributed by atoms with Crippen molar-refractivity contribution in [1.82, 2.24) is 19.5 Å². The average molecular weight is 429 g/mol. The molecule has 4 aliphatic carbocycles. The fraction of sp³-hybridized carbons (Fsp3) is 0.550. The molecule has 4 saturated carbocycles. The smallest absolute Gasteiger partial charge is 0.391 e. The van der Waals surface area contributed by atoms with Gasteiger partial charge in [-0.15, -0.1) is 0 Å². The van der Waals surface area contributed by atoms with Crippen LogP contribution in [-0.2, 0) is 11.1 Å². The van der Waals surface area contributed by atoms with Crippen molar-refractivity contribution in [2.24, 2.45) is 23.2 Å². The number of hydrogen-bond donors (Lipinski definition) is 3. The minimum absolute atomic E-state index is 0.204. The first kappa shape index (κ1) is 18.5. The van der Waals surface area contributed by atoms with Crippen LogP contribution in [0.1, 0.15) is 38.5 Å². The number of nitrogens with two attached hydrogens (primary N) is 1. The fourth-order valence-corrected chi connectivity index (χ4v) is 7.20. The Morgan fingerprint density at radius 1 is 1.13 bits per heavy atom. The second-order valence-corrected chi connectivity index (χ2v) is 11.1. The van der Waals surface area contributed by atoms with Crippen LogP contribution < -0.4 is 11.2 Å². The summed E-state index contributed by atoms with van der Waals surface area (Å²) >= 11 is 0. The minimum Gasteiger partial charge on any atom is -0.445 e. The van der Waals surface area contributed by atoms with Crippen molar-refractivity contribution in [1.29, 1.82) is 0 Å². The molecule has 3 aromatic rings. The van der Waals surface area contributed by atoms with Gasteiger partial charge in [-0.25, -0.2) is 15.0 Å². The van der Waals surface area contributed by atoms with Crippen molar-refractivity contribution >= 4 is 30.1 Å². The largest absolute Gasteiger partial charge is 0.445 e. The van der Waals surface area contributed by atoms with Crippen LogP contribution in [0.25, 0.3) is 22.7 Å². The number of anilines is 1. The maximum atomic E-state index is 11.6. The van der Waals surface area contributed by atoms with Crippen molar-refractivity contribution < 1.29 is 18.8 Å². The van der Waals surface area contributed by atoms with Gasteiger partial charge in [-0.2, -0.15) is 0 Å². The molecule has 4 aliphatic rings. The summed E-state index contributed by atoms with van der Waals surface area (Å²) in [7, 11) is -4.49. The molecule has 0 unspecified atom stereocenters. The predicted octanol–water partition coefficient (Wildman–Crippen LogP) is 2.69. The Labute approximate surface area is 172 Å². The first-order valence-electron chi connectivity index (χ1n) is 10.4. The van der Waals surface area contributed by atoms with E-state index in [0.717, 1.165) is 24.3 Å². The Morgan fingerprint density at radius 2 is 1.80 bits per heavy atom. The number of rotatable bonds is 4. The number of imidazole rings is 1. The number of nitrogen functional groups attached to an aromatic ring is 1. The average Bonchev–Trinajstić information content (AvgIpc) is 3.26.